The van der Waals surface area contributed by atoms with Crippen molar-refractivity contribution >= 4 is 43.2 Å². The predicted octanol–water partition coefficient (Wildman–Crippen LogP) is 7.11. The van der Waals surface area contributed by atoms with Gasteiger partial charge in [0.2, 0.25) is 0 Å². The molecule has 0 radical (unpaired) electrons. The number of hydrogen-bond donors (Lipinski definition) is 0. The molecule has 1 unspecified atom stereocenters. The molecule has 19 heavy (non-hydrogen) atoms. The molecule has 1 atom stereocenters. The van der Waals surface area contributed by atoms with Crippen molar-refractivity contribution in [1.29, 1.82) is 0 Å². The summed E-state index contributed by atoms with van der Waals surface area (Å²) in [6.07, 6.45) is 5.51. The lowest BCUT2D eigenvalue weighted by atomic mass is 9.69. The van der Waals surface area contributed by atoms with E-state index < -0.39 is 0 Å². The van der Waals surface area contributed by atoms with Crippen molar-refractivity contribution in [3.63, 3.8) is 0 Å². The average molecular weight is 408 g/mol. The van der Waals surface area contributed by atoms with Crippen LogP contribution in [0.1, 0.15) is 61.7 Å². The number of halogens is 2. The van der Waals surface area contributed by atoms with Gasteiger partial charge >= 0.3 is 0 Å². The molecule has 0 nitrogen and oxygen atoms in total. The van der Waals surface area contributed by atoms with Gasteiger partial charge in [-0.15, -0.1) is 11.3 Å². The second-order valence-corrected chi connectivity index (χ2v) is 10.6. The summed E-state index contributed by atoms with van der Waals surface area (Å²) in [5.74, 6) is 1.71. The van der Waals surface area contributed by atoms with Gasteiger partial charge in [0.15, 0.2) is 0 Å². The van der Waals surface area contributed by atoms with Crippen LogP contribution in [0.4, 0.5) is 0 Å². The second kappa shape index (κ2) is 6.19. The number of rotatable bonds is 2. The molecule has 1 saturated carbocycles. The molecule has 1 fully saturated rings. The van der Waals surface area contributed by atoms with Crippen LogP contribution in [0.3, 0.4) is 0 Å². The van der Waals surface area contributed by atoms with Crippen LogP contribution in [0.2, 0.25) is 0 Å². The third kappa shape index (κ3) is 3.85. The highest BCUT2D eigenvalue weighted by atomic mass is 79.9. The van der Waals surface area contributed by atoms with Gasteiger partial charge in [-0.2, -0.15) is 0 Å². The van der Waals surface area contributed by atoms with Crippen molar-refractivity contribution in [2.45, 2.75) is 58.2 Å². The van der Waals surface area contributed by atoms with Crippen molar-refractivity contribution < 1.29 is 0 Å². The molecule has 0 aromatic carbocycles. The van der Waals surface area contributed by atoms with Crippen LogP contribution in [0.5, 0.6) is 0 Å². The fourth-order valence-corrected chi connectivity index (χ4v) is 6.18. The first-order valence-corrected chi connectivity index (χ1v) is 9.71. The Hall–Kier alpha value is 0.660. The summed E-state index contributed by atoms with van der Waals surface area (Å²) in [5.41, 5.74) is 1.98. The van der Waals surface area contributed by atoms with E-state index in [2.05, 4.69) is 65.6 Å². The average Bonchev–Trinajstić information content (AvgIpc) is 2.66. The van der Waals surface area contributed by atoms with Gasteiger partial charge in [0.05, 0.1) is 3.79 Å². The van der Waals surface area contributed by atoms with Crippen LogP contribution >= 0.6 is 43.2 Å². The van der Waals surface area contributed by atoms with E-state index in [-0.39, 0.29) is 0 Å². The number of alkyl halides is 1. The standard InChI is InChI=1S/C16H24Br2S/c1-10-13(9-14(17)19-10)15(18)11-5-7-12(8-6-11)16(2,3)4/h9,11-12,15H,5-8H2,1-4H3. The van der Waals surface area contributed by atoms with E-state index in [0.717, 1.165) is 11.8 Å². The van der Waals surface area contributed by atoms with E-state index in [1.54, 1.807) is 0 Å². The molecule has 0 saturated heterocycles. The quantitative estimate of drug-likeness (QED) is 0.458. The van der Waals surface area contributed by atoms with E-state index in [1.807, 2.05) is 11.3 Å². The molecular weight excluding hydrogens is 384 g/mol. The maximum atomic E-state index is 3.97. The van der Waals surface area contributed by atoms with Crippen LogP contribution < -0.4 is 0 Å². The molecule has 2 rings (SSSR count). The molecule has 108 valence electrons. The largest absolute Gasteiger partial charge is 0.133 e. The lowest BCUT2D eigenvalue weighted by Gasteiger charge is -2.38. The first kappa shape index (κ1) is 16.0. The van der Waals surface area contributed by atoms with Crippen molar-refractivity contribution in [3.05, 3.63) is 20.3 Å². The minimum Gasteiger partial charge on any atom is -0.133 e. The van der Waals surface area contributed by atoms with Crippen molar-refractivity contribution in [2.75, 3.05) is 0 Å². The fraction of sp³-hybridized carbons (Fsp3) is 0.750. The maximum Gasteiger partial charge on any atom is 0.0704 e. The first-order valence-electron chi connectivity index (χ1n) is 7.19. The molecule has 1 heterocycles. The molecule has 0 amide bonds. The smallest absolute Gasteiger partial charge is 0.0704 e. The predicted molar refractivity (Wildman–Crippen MR) is 93.3 cm³/mol. The minimum absolute atomic E-state index is 0.480. The Morgan fingerprint density at radius 3 is 2.21 bits per heavy atom. The molecular formula is C16H24Br2S. The van der Waals surface area contributed by atoms with E-state index >= 15 is 0 Å². The van der Waals surface area contributed by atoms with E-state index in [4.69, 9.17) is 0 Å². The van der Waals surface area contributed by atoms with Gasteiger partial charge in [-0.3, -0.25) is 0 Å². The van der Waals surface area contributed by atoms with Crippen LogP contribution in [0.15, 0.2) is 9.85 Å². The minimum atomic E-state index is 0.480. The Morgan fingerprint density at radius 1 is 1.21 bits per heavy atom. The van der Waals surface area contributed by atoms with Crippen LogP contribution in [-0.4, -0.2) is 0 Å². The van der Waals surface area contributed by atoms with E-state index in [9.17, 15) is 0 Å². The highest BCUT2D eigenvalue weighted by molar-refractivity contribution is 9.11. The Morgan fingerprint density at radius 2 is 1.79 bits per heavy atom. The zero-order chi connectivity index (χ0) is 14.2. The highest BCUT2D eigenvalue weighted by Crippen LogP contribution is 2.47. The Balaban J connectivity index is 2.00. The molecule has 0 N–H and O–H groups in total. The molecule has 0 bridgehead atoms. The summed E-state index contributed by atoms with van der Waals surface area (Å²) in [4.78, 5) is 1.99. The van der Waals surface area contributed by atoms with Crippen LogP contribution in [0.25, 0.3) is 0 Å². The zero-order valence-electron chi connectivity index (χ0n) is 12.3. The van der Waals surface area contributed by atoms with Gasteiger partial charge in [-0.05, 0) is 77.4 Å². The summed E-state index contributed by atoms with van der Waals surface area (Å²) >= 11 is 9.43. The third-order valence-electron chi connectivity index (χ3n) is 4.63. The molecule has 1 aliphatic carbocycles. The SMILES string of the molecule is Cc1sc(Br)cc1C(Br)C1CCC(C(C)(C)C)CC1. The number of aryl methyl sites for hydroxylation is 1. The Kier molecular flexibility index (Phi) is 5.23. The highest BCUT2D eigenvalue weighted by Gasteiger charge is 2.33. The summed E-state index contributed by atoms with van der Waals surface area (Å²) in [6, 6.07) is 2.30. The molecule has 0 aliphatic heterocycles. The summed E-state index contributed by atoms with van der Waals surface area (Å²) < 4.78 is 1.26. The van der Waals surface area contributed by atoms with Crippen molar-refractivity contribution in [2.24, 2.45) is 17.3 Å². The van der Waals surface area contributed by atoms with Crippen molar-refractivity contribution in [1.82, 2.24) is 0 Å². The lowest BCUT2D eigenvalue weighted by molar-refractivity contribution is 0.149. The maximum absolute atomic E-state index is 3.97. The van der Waals surface area contributed by atoms with E-state index in [0.29, 0.717) is 10.2 Å². The third-order valence-corrected chi connectivity index (χ3v) is 7.44. The monoisotopic (exact) mass is 406 g/mol. The molecule has 3 heteroatoms. The Labute approximate surface area is 138 Å². The summed E-state index contributed by atoms with van der Waals surface area (Å²) in [7, 11) is 0. The summed E-state index contributed by atoms with van der Waals surface area (Å²) in [6.45, 7) is 9.41. The molecule has 0 spiro atoms. The number of thiophene rings is 1. The van der Waals surface area contributed by atoms with Gasteiger partial charge in [0.25, 0.3) is 0 Å². The van der Waals surface area contributed by atoms with Crippen LogP contribution in [0, 0.1) is 24.2 Å². The topological polar surface area (TPSA) is 0 Å². The zero-order valence-corrected chi connectivity index (χ0v) is 16.3. The number of hydrogen-bond acceptors (Lipinski definition) is 1. The van der Waals surface area contributed by atoms with E-state index in [1.165, 1.54) is 39.9 Å². The molecule has 1 aromatic rings. The van der Waals surface area contributed by atoms with Crippen LogP contribution in [-0.2, 0) is 0 Å². The fourth-order valence-electron chi connectivity index (χ4n) is 3.26. The normalized spacial score (nSPS) is 26.4. The summed E-state index contributed by atoms with van der Waals surface area (Å²) in [5, 5.41) is 0. The molecule has 1 aliphatic rings. The molecule has 1 aromatic heterocycles. The Bertz CT molecular complexity index is 422. The van der Waals surface area contributed by atoms with Gasteiger partial charge < -0.3 is 0 Å². The van der Waals surface area contributed by atoms with Crippen molar-refractivity contribution in [3.8, 4) is 0 Å². The lowest BCUT2D eigenvalue weighted by Crippen LogP contribution is -2.27. The van der Waals surface area contributed by atoms with Gasteiger partial charge in [0, 0.05) is 9.70 Å². The first-order chi connectivity index (χ1) is 8.79. The van der Waals surface area contributed by atoms with Gasteiger partial charge in [-0.1, -0.05) is 36.7 Å². The van der Waals surface area contributed by atoms with Gasteiger partial charge in [-0.25, -0.2) is 0 Å². The second-order valence-electron chi connectivity index (χ2n) is 6.94. The van der Waals surface area contributed by atoms with Gasteiger partial charge in [0.1, 0.15) is 0 Å².